The van der Waals surface area contributed by atoms with Crippen LogP contribution in [0.3, 0.4) is 0 Å². The molecule has 0 spiro atoms. The van der Waals surface area contributed by atoms with E-state index in [9.17, 15) is 0 Å². The third kappa shape index (κ3) is 50.9. The summed E-state index contributed by atoms with van der Waals surface area (Å²) in [7, 11) is 10.6. The van der Waals surface area contributed by atoms with Gasteiger partial charge in [-0.05, 0) is 74.5 Å². The molecule has 0 aromatic carbocycles. The zero-order valence-electron chi connectivity index (χ0n) is 18.9. The molecule has 5 heteroatoms. The molecule has 0 aliphatic rings. The van der Waals surface area contributed by atoms with E-state index < -0.39 is 0 Å². The molecule has 0 saturated heterocycles. The fraction of sp³-hybridized carbons (Fsp3) is 1.00. The SMILES string of the molecule is C.C.C.C.C.C.CCN(C)CC.CCN(C)CN(C)CC.CCN(CC)CN(C)C. The van der Waals surface area contributed by atoms with E-state index >= 15 is 0 Å². The van der Waals surface area contributed by atoms with Crippen LogP contribution in [0.4, 0.5) is 0 Å². The van der Waals surface area contributed by atoms with Crippen LogP contribution in [0.1, 0.15) is 86.1 Å². The van der Waals surface area contributed by atoms with Crippen LogP contribution in [0.15, 0.2) is 0 Å². The first kappa shape index (κ1) is 57.1. The largest absolute Gasteiger partial charge is 0.307 e. The molecule has 0 atom stereocenters. The average molecular weight is 444 g/mol. The molecule has 0 aromatic heterocycles. The summed E-state index contributed by atoms with van der Waals surface area (Å²) in [4.78, 5) is 11.4. The Morgan fingerprint density at radius 1 is 0.367 bits per heavy atom. The maximum absolute atomic E-state index is 2.38. The van der Waals surface area contributed by atoms with Gasteiger partial charge in [0.25, 0.3) is 0 Å². The minimum absolute atomic E-state index is 0. The molecule has 0 amide bonds. The van der Waals surface area contributed by atoms with Gasteiger partial charge in [-0.15, -0.1) is 0 Å². The standard InChI is InChI=1S/2C7H18N2.C5H13N.6CH4/c1-5-8(3)7-9(4)6-2;1-5-9(6-2)7-8(3)4;1-4-6(3)5-2;;;;;;/h2*5-7H2,1-4H3;4-5H2,1-3H3;6*1H4. The van der Waals surface area contributed by atoms with E-state index in [0.29, 0.717) is 0 Å². The first-order chi connectivity index (χ1) is 11.2. The second-order valence-electron chi connectivity index (χ2n) is 6.50. The minimum Gasteiger partial charge on any atom is -0.307 e. The Labute approximate surface area is 198 Å². The molecule has 0 fully saturated rings. The van der Waals surface area contributed by atoms with Gasteiger partial charge in [-0.3, -0.25) is 19.6 Å². The van der Waals surface area contributed by atoms with Crippen molar-refractivity contribution < 1.29 is 0 Å². The van der Waals surface area contributed by atoms with Gasteiger partial charge >= 0.3 is 0 Å². The Hall–Kier alpha value is -0.200. The van der Waals surface area contributed by atoms with E-state index in [0.717, 1.165) is 52.6 Å². The summed E-state index contributed by atoms with van der Waals surface area (Å²) >= 11 is 0. The van der Waals surface area contributed by atoms with Gasteiger partial charge in [0.1, 0.15) is 0 Å². The normalized spacial score (nSPS) is 8.80. The molecule has 0 rings (SSSR count). The van der Waals surface area contributed by atoms with Crippen LogP contribution in [-0.4, -0.2) is 112 Å². The molecular weight excluding hydrogens is 370 g/mol. The fourth-order valence-electron chi connectivity index (χ4n) is 1.66. The molecule has 0 aromatic rings. The lowest BCUT2D eigenvalue weighted by molar-refractivity contribution is 0.192. The van der Waals surface area contributed by atoms with Gasteiger partial charge in [-0.25, -0.2) is 0 Å². The smallest absolute Gasteiger partial charge is 0.0500 e. The summed E-state index contributed by atoms with van der Waals surface area (Å²) in [6.45, 7) is 22.1. The van der Waals surface area contributed by atoms with Crippen LogP contribution in [0, 0.1) is 0 Å². The highest BCUT2D eigenvalue weighted by atomic mass is 15.3. The monoisotopic (exact) mass is 444 g/mol. The highest BCUT2D eigenvalue weighted by Crippen LogP contribution is 1.86. The van der Waals surface area contributed by atoms with Gasteiger partial charge < -0.3 is 4.90 Å². The number of nitrogens with zero attached hydrogens (tertiary/aromatic N) is 5. The molecule has 5 nitrogen and oxygen atoms in total. The number of rotatable bonds is 10. The Morgan fingerprint density at radius 2 is 0.633 bits per heavy atom. The highest BCUT2D eigenvalue weighted by Gasteiger charge is 1.97. The first-order valence-corrected chi connectivity index (χ1v) is 9.64. The first-order valence-electron chi connectivity index (χ1n) is 9.64. The molecular formula is C25H73N5. The van der Waals surface area contributed by atoms with Crippen molar-refractivity contribution >= 4 is 0 Å². The summed E-state index contributed by atoms with van der Waals surface area (Å²) in [6.07, 6.45) is 0. The van der Waals surface area contributed by atoms with Crippen LogP contribution in [0.25, 0.3) is 0 Å². The van der Waals surface area contributed by atoms with Crippen molar-refractivity contribution in [1.29, 1.82) is 0 Å². The molecule has 0 unspecified atom stereocenters. The molecule has 30 heavy (non-hydrogen) atoms. The van der Waals surface area contributed by atoms with Crippen molar-refractivity contribution in [3.63, 3.8) is 0 Å². The lowest BCUT2D eigenvalue weighted by Gasteiger charge is -2.22. The Bertz CT molecular complexity index is 210. The van der Waals surface area contributed by atoms with Gasteiger partial charge in [-0.2, -0.15) is 0 Å². The van der Waals surface area contributed by atoms with Crippen molar-refractivity contribution in [3.05, 3.63) is 0 Å². The molecule has 0 bridgehead atoms. The lowest BCUT2D eigenvalue weighted by atomic mass is 10.5. The molecule has 0 N–H and O–H groups in total. The van der Waals surface area contributed by atoms with Crippen LogP contribution < -0.4 is 0 Å². The van der Waals surface area contributed by atoms with E-state index in [4.69, 9.17) is 0 Å². The summed E-state index contributed by atoms with van der Waals surface area (Å²) in [5.74, 6) is 0. The predicted octanol–water partition coefficient (Wildman–Crippen LogP) is 6.47. The zero-order chi connectivity index (χ0) is 19.5. The second-order valence-corrected chi connectivity index (χ2v) is 6.50. The molecule has 0 aliphatic carbocycles. The third-order valence-corrected chi connectivity index (χ3v) is 4.02. The Kier molecular flexibility index (Phi) is 81.5. The van der Waals surface area contributed by atoms with Crippen LogP contribution in [-0.2, 0) is 0 Å². The van der Waals surface area contributed by atoms with Crippen LogP contribution in [0.2, 0.25) is 0 Å². The van der Waals surface area contributed by atoms with Crippen LogP contribution >= 0.6 is 0 Å². The van der Waals surface area contributed by atoms with E-state index in [1.807, 2.05) is 0 Å². The van der Waals surface area contributed by atoms with Gasteiger partial charge in [0.05, 0.1) is 0 Å². The predicted molar refractivity (Wildman–Crippen MR) is 152 cm³/mol. The average Bonchev–Trinajstić information content (AvgIpc) is 2.59. The quantitative estimate of drug-likeness (QED) is 0.359. The van der Waals surface area contributed by atoms with Gasteiger partial charge in [0, 0.05) is 13.3 Å². The van der Waals surface area contributed by atoms with Crippen molar-refractivity contribution in [1.82, 2.24) is 24.5 Å². The molecule has 0 saturated carbocycles. The Morgan fingerprint density at radius 3 is 0.733 bits per heavy atom. The minimum atomic E-state index is 0. The molecule has 0 aliphatic heterocycles. The van der Waals surface area contributed by atoms with Gasteiger partial charge in [-0.1, -0.05) is 86.1 Å². The fourth-order valence-corrected chi connectivity index (χ4v) is 1.66. The summed E-state index contributed by atoms with van der Waals surface area (Å²) in [5.41, 5.74) is 0. The van der Waals surface area contributed by atoms with E-state index in [-0.39, 0.29) is 44.6 Å². The maximum atomic E-state index is 2.38. The third-order valence-electron chi connectivity index (χ3n) is 4.02. The van der Waals surface area contributed by atoms with E-state index in [1.165, 1.54) is 0 Å². The van der Waals surface area contributed by atoms with E-state index in [2.05, 4.69) is 101 Å². The molecule has 0 heterocycles. The van der Waals surface area contributed by atoms with Crippen molar-refractivity contribution in [2.75, 3.05) is 87.8 Å². The van der Waals surface area contributed by atoms with Crippen LogP contribution in [0.5, 0.6) is 0 Å². The topological polar surface area (TPSA) is 16.2 Å². The summed E-state index contributed by atoms with van der Waals surface area (Å²) < 4.78 is 0. The summed E-state index contributed by atoms with van der Waals surface area (Å²) in [6, 6.07) is 0. The molecule has 198 valence electrons. The van der Waals surface area contributed by atoms with E-state index in [1.54, 1.807) is 0 Å². The highest BCUT2D eigenvalue weighted by molar-refractivity contribution is 4.48. The van der Waals surface area contributed by atoms with Crippen molar-refractivity contribution in [2.45, 2.75) is 86.1 Å². The lowest BCUT2D eigenvalue weighted by Crippen LogP contribution is -2.33. The molecule has 0 radical (unpaired) electrons. The number of hydrogen-bond donors (Lipinski definition) is 0. The van der Waals surface area contributed by atoms with Gasteiger partial charge in [0.15, 0.2) is 0 Å². The summed E-state index contributed by atoms with van der Waals surface area (Å²) in [5, 5.41) is 0. The maximum Gasteiger partial charge on any atom is 0.0500 e. The Balaban J connectivity index is -0.0000000291. The number of hydrogen-bond acceptors (Lipinski definition) is 5. The van der Waals surface area contributed by atoms with Gasteiger partial charge in [0.2, 0.25) is 0 Å². The van der Waals surface area contributed by atoms with Crippen molar-refractivity contribution in [3.8, 4) is 0 Å². The second kappa shape index (κ2) is 42.8. The zero-order valence-corrected chi connectivity index (χ0v) is 18.9. The van der Waals surface area contributed by atoms with Crippen molar-refractivity contribution in [2.24, 2.45) is 0 Å².